The molecule has 1 aliphatic rings. The summed E-state index contributed by atoms with van der Waals surface area (Å²) in [6, 6.07) is 5.79. The number of benzene rings is 1. The van der Waals surface area contributed by atoms with Gasteiger partial charge in [0.2, 0.25) is 0 Å². The molecule has 1 saturated heterocycles. The third-order valence-electron chi connectivity index (χ3n) is 4.05. The minimum Gasteiger partial charge on any atom is -0.496 e. The molecule has 8 nitrogen and oxygen atoms in total. The van der Waals surface area contributed by atoms with Gasteiger partial charge in [-0.05, 0) is 48.6 Å². The van der Waals surface area contributed by atoms with Gasteiger partial charge in [-0.25, -0.2) is 4.79 Å². The second-order valence-corrected chi connectivity index (χ2v) is 6.80. The molecule has 0 aromatic heterocycles. The van der Waals surface area contributed by atoms with Crippen LogP contribution in [0.5, 0.6) is 5.75 Å². The number of amides is 1. The van der Waals surface area contributed by atoms with Crippen LogP contribution in [-0.4, -0.2) is 55.5 Å². The Morgan fingerprint density at radius 3 is 2.68 bits per heavy atom. The molecule has 2 rings (SSSR count). The second kappa shape index (κ2) is 10.6. The Labute approximate surface area is 168 Å². The van der Waals surface area contributed by atoms with Crippen molar-refractivity contribution in [3.8, 4) is 5.75 Å². The number of ether oxygens (including phenoxy) is 2. The Balaban J connectivity index is 2.12. The highest BCUT2D eigenvalue weighted by Crippen LogP contribution is 2.24. The number of methoxy groups -OCH3 is 2. The summed E-state index contributed by atoms with van der Waals surface area (Å²) in [4.78, 5) is 25.5. The molecule has 1 fully saturated rings. The third kappa shape index (κ3) is 5.93. The zero-order chi connectivity index (χ0) is 20.5. The number of carbonyl (C=O) groups is 2. The van der Waals surface area contributed by atoms with Crippen molar-refractivity contribution in [2.45, 2.75) is 20.4 Å². The molecule has 150 valence electrons. The number of rotatable bonds is 8. The van der Waals surface area contributed by atoms with E-state index in [4.69, 9.17) is 4.74 Å². The van der Waals surface area contributed by atoms with Crippen molar-refractivity contribution < 1.29 is 19.1 Å². The maximum Gasteiger partial charge on any atom is 0.331 e. The Bertz CT molecular complexity index is 816. The van der Waals surface area contributed by atoms with Crippen LogP contribution in [0.15, 0.2) is 39.4 Å². The lowest BCUT2D eigenvalue weighted by molar-refractivity contribution is -0.135. The second-order valence-electron chi connectivity index (χ2n) is 5.77. The van der Waals surface area contributed by atoms with Gasteiger partial charge in [-0.15, -0.1) is 5.10 Å². The standard InChI is InChI=1S/C19H24N4O4S/c1-5-23(6-2)12-14-9-13(7-8-15(14)26-3)11-20-22-19-21-18(25)16(28-19)10-17(24)27-4/h7-11H,5-6,12H2,1-4H3,(H,21,22,25)/b16-10+,20-11?. The smallest absolute Gasteiger partial charge is 0.331 e. The molecule has 0 aliphatic carbocycles. The fraction of sp³-hybridized carbons (Fsp3) is 0.368. The predicted octanol–water partition coefficient (Wildman–Crippen LogP) is 2.15. The topological polar surface area (TPSA) is 92.6 Å². The van der Waals surface area contributed by atoms with Crippen molar-refractivity contribution in [3.05, 3.63) is 40.3 Å². The zero-order valence-corrected chi connectivity index (χ0v) is 17.2. The lowest BCUT2D eigenvalue weighted by Gasteiger charge is -2.19. The van der Waals surface area contributed by atoms with Crippen LogP contribution in [-0.2, 0) is 20.9 Å². The van der Waals surface area contributed by atoms with Gasteiger partial charge in [-0.2, -0.15) is 5.10 Å². The van der Waals surface area contributed by atoms with Crippen molar-refractivity contribution in [2.75, 3.05) is 27.3 Å². The van der Waals surface area contributed by atoms with E-state index in [1.54, 1.807) is 13.3 Å². The first-order chi connectivity index (χ1) is 13.5. The summed E-state index contributed by atoms with van der Waals surface area (Å²) in [7, 11) is 2.90. The summed E-state index contributed by atoms with van der Waals surface area (Å²) in [6.07, 6.45) is 2.72. The van der Waals surface area contributed by atoms with Crippen LogP contribution in [0.1, 0.15) is 25.0 Å². The minimum atomic E-state index is -0.596. The number of hydrogen-bond acceptors (Lipinski definition) is 8. The molecule has 28 heavy (non-hydrogen) atoms. The van der Waals surface area contributed by atoms with Crippen LogP contribution in [0.2, 0.25) is 0 Å². The molecule has 0 atom stereocenters. The summed E-state index contributed by atoms with van der Waals surface area (Å²) in [5, 5.41) is 10.9. The van der Waals surface area contributed by atoms with Gasteiger partial charge in [0, 0.05) is 18.2 Å². The Kier molecular flexibility index (Phi) is 8.21. The van der Waals surface area contributed by atoms with E-state index in [2.05, 4.69) is 39.0 Å². The normalized spacial score (nSPS) is 17.0. The van der Waals surface area contributed by atoms with Crippen LogP contribution in [0.4, 0.5) is 0 Å². The first-order valence-corrected chi connectivity index (χ1v) is 9.61. The molecule has 9 heteroatoms. The molecule has 1 heterocycles. The number of thioether (sulfide) groups is 1. The monoisotopic (exact) mass is 404 g/mol. The molecule has 0 saturated carbocycles. The summed E-state index contributed by atoms with van der Waals surface area (Å²) in [5.74, 6) is -0.178. The van der Waals surface area contributed by atoms with E-state index in [0.717, 1.165) is 54.3 Å². The quantitative estimate of drug-likeness (QED) is 0.309. The molecule has 1 N–H and O–H groups in total. The highest BCUT2D eigenvalue weighted by Gasteiger charge is 2.25. The predicted molar refractivity (Wildman–Crippen MR) is 110 cm³/mol. The molecule has 1 amide bonds. The summed E-state index contributed by atoms with van der Waals surface area (Å²) >= 11 is 1.03. The van der Waals surface area contributed by atoms with Crippen molar-refractivity contribution in [2.24, 2.45) is 10.2 Å². The van der Waals surface area contributed by atoms with Crippen LogP contribution in [0, 0.1) is 0 Å². The summed E-state index contributed by atoms with van der Waals surface area (Å²) in [6.45, 7) is 6.91. The number of esters is 1. The fourth-order valence-electron chi connectivity index (χ4n) is 2.48. The van der Waals surface area contributed by atoms with Gasteiger partial charge in [0.15, 0.2) is 5.17 Å². The molecule has 0 bridgehead atoms. The van der Waals surface area contributed by atoms with E-state index in [1.807, 2.05) is 18.2 Å². The van der Waals surface area contributed by atoms with E-state index in [-0.39, 0.29) is 4.91 Å². The van der Waals surface area contributed by atoms with Gasteiger partial charge in [0.05, 0.1) is 25.3 Å². The highest BCUT2D eigenvalue weighted by atomic mass is 32.2. The van der Waals surface area contributed by atoms with Gasteiger partial charge < -0.3 is 9.47 Å². The van der Waals surface area contributed by atoms with E-state index >= 15 is 0 Å². The Morgan fingerprint density at radius 2 is 2.04 bits per heavy atom. The summed E-state index contributed by atoms with van der Waals surface area (Å²) in [5.41, 5.74) is 1.93. The molecular weight excluding hydrogens is 380 g/mol. The number of carbonyl (C=O) groups excluding carboxylic acids is 2. The maximum atomic E-state index is 11.8. The average Bonchev–Trinajstić information content (AvgIpc) is 3.05. The number of nitrogens with zero attached hydrogens (tertiary/aromatic N) is 3. The van der Waals surface area contributed by atoms with Crippen molar-refractivity contribution >= 4 is 35.0 Å². The molecule has 1 aliphatic heterocycles. The third-order valence-corrected chi connectivity index (χ3v) is 4.95. The number of amidine groups is 1. The minimum absolute atomic E-state index is 0.215. The Morgan fingerprint density at radius 1 is 1.29 bits per heavy atom. The average molecular weight is 404 g/mol. The Hall–Kier alpha value is -2.65. The van der Waals surface area contributed by atoms with Crippen molar-refractivity contribution in [1.29, 1.82) is 0 Å². The molecular formula is C19H24N4O4S. The van der Waals surface area contributed by atoms with E-state index in [1.165, 1.54) is 7.11 Å². The molecule has 0 radical (unpaired) electrons. The van der Waals surface area contributed by atoms with Crippen molar-refractivity contribution in [1.82, 2.24) is 10.2 Å². The zero-order valence-electron chi connectivity index (χ0n) is 16.4. The van der Waals surface area contributed by atoms with Gasteiger partial charge in [-0.3, -0.25) is 15.0 Å². The van der Waals surface area contributed by atoms with Crippen LogP contribution in [0.25, 0.3) is 0 Å². The van der Waals surface area contributed by atoms with Crippen LogP contribution >= 0.6 is 11.8 Å². The van der Waals surface area contributed by atoms with E-state index in [0.29, 0.717) is 5.17 Å². The SMILES string of the molecule is CCN(CC)Cc1cc(C=N/N=C2/NC(=O)/C(=C\C(=O)OC)S2)ccc1OC. The van der Waals surface area contributed by atoms with Gasteiger partial charge in [0.1, 0.15) is 5.75 Å². The molecule has 1 aromatic rings. The first kappa shape index (κ1) is 21.6. The highest BCUT2D eigenvalue weighted by molar-refractivity contribution is 8.18. The maximum absolute atomic E-state index is 11.8. The number of nitrogens with one attached hydrogen (secondary N) is 1. The van der Waals surface area contributed by atoms with Crippen molar-refractivity contribution in [3.63, 3.8) is 0 Å². The lowest BCUT2D eigenvalue weighted by Crippen LogP contribution is -2.22. The summed E-state index contributed by atoms with van der Waals surface area (Å²) < 4.78 is 9.96. The largest absolute Gasteiger partial charge is 0.496 e. The van der Waals surface area contributed by atoms with Gasteiger partial charge in [-0.1, -0.05) is 13.8 Å². The first-order valence-electron chi connectivity index (χ1n) is 8.79. The van der Waals surface area contributed by atoms with E-state index in [9.17, 15) is 9.59 Å². The van der Waals surface area contributed by atoms with Gasteiger partial charge in [0.25, 0.3) is 5.91 Å². The molecule has 0 unspecified atom stereocenters. The molecule has 0 spiro atoms. The molecule has 1 aromatic carbocycles. The van der Waals surface area contributed by atoms with E-state index < -0.39 is 11.9 Å². The van der Waals surface area contributed by atoms with Gasteiger partial charge >= 0.3 is 5.97 Å². The fourth-order valence-corrected chi connectivity index (χ4v) is 3.22. The number of hydrogen-bond donors (Lipinski definition) is 1. The van der Waals surface area contributed by atoms with Crippen LogP contribution in [0.3, 0.4) is 0 Å². The lowest BCUT2D eigenvalue weighted by atomic mass is 10.1. The van der Waals surface area contributed by atoms with Crippen LogP contribution < -0.4 is 10.1 Å².